The molecule has 0 amide bonds. The van der Waals surface area contributed by atoms with Crippen molar-refractivity contribution in [2.45, 2.75) is 0 Å². The van der Waals surface area contributed by atoms with Crippen LogP contribution in [0, 0.1) is 0 Å². The standard InChI is InChI=1S/C14H12N2O/c15-13-4-1-11(2-5-13)3-6-14(17)12-7-9-16-10-8-12/h1-10H,15H2/b6-3+. The molecule has 1 aromatic heterocycles. The highest BCUT2D eigenvalue weighted by atomic mass is 16.1. The number of hydrogen-bond donors (Lipinski definition) is 1. The molecule has 17 heavy (non-hydrogen) atoms. The predicted octanol–water partition coefficient (Wildman–Crippen LogP) is 2.56. The number of nitrogens with two attached hydrogens (primary N) is 1. The molecule has 0 fully saturated rings. The number of carbonyl (C=O) groups excluding carboxylic acids is 1. The molecule has 0 aliphatic rings. The third-order valence-electron chi connectivity index (χ3n) is 2.33. The van der Waals surface area contributed by atoms with Gasteiger partial charge in [0, 0.05) is 23.6 Å². The Kier molecular flexibility index (Phi) is 3.31. The summed E-state index contributed by atoms with van der Waals surface area (Å²) in [5, 5.41) is 0. The van der Waals surface area contributed by atoms with Gasteiger partial charge in [0.25, 0.3) is 0 Å². The number of aromatic nitrogens is 1. The molecule has 2 N–H and O–H groups in total. The van der Waals surface area contributed by atoms with Crippen LogP contribution in [0.4, 0.5) is 5.69 Å². The van der Waals surface area contributed by atoms with Crippen LogP contribution in [0.2, 0.25) is 0 Å². The Hall–Kier alpha value is -2.42. The van der Waals surface area contributed by atoms with Gasteiger partial charge in [-0.2, -0.15) is 0 Å². The number of carbonyl (C=O) groups is 1. The van der Waals surface area contributed by atoms with Crippen molar-refractivity contribution in [2.24, 2.45) is 0 Å². The Bertz CT molecular complexity index is 530. The molecule has 0 radical (unpaired) electrons. The first-order chi connectivity index (χ1) is 8.25. The van der Waals surface area contributed by atoms with Crippen LogP contribution in [0.25, 0.3) is 6.08 Å². The number of rotatable bonds is 3. The van der Waals surface area contributed by atoms with Crippen LogP contribution in [-0.4, -0.2) is 10.8 Å². The van der Waals surface area contributed by atoms with Crippen LogP contribution in [-0.2, 0) is 0 Å². The van der Waals surface area contributed by atoms with Gasteiger partial charge in [0.1, 0.15) is 0 Å². The van der Waals surface area contributed by atoms with E-state index in [1.807, 2.05) is 12.1 Å². The molecule has 3 nitrogen and oxygen atoms in total. The lowest BCUT2D eigenvalue weighted by Gasteiger charge is -1.95. The van der Waals surface area contributed by atoms with Gasteiger partial charge in [-0.05, 0) is 35.9 Å². The molecule has 1 aromatic carbocycles. The molecular weight excluding hydrogens is 212 g/mol. The van der Waals surface area contributed by atoms with Crippen molar-refractivity contribution in [3.05, 3.63) is 66.0 Å². The van der Waals surface area contributed by atoms with E-state index in [4.69, 9.17) is 5.73 Å². The van der Waals surface area contributed by atoms with E-state index in [0.29, 0.717) is 11.3 Å². The van der Waals surface area contributed by atoms with Crippen LogP contribution < -0.4 is 5.73 Å². The maximum Gasteiger partial charge on any atom is 0.185 e. The maximum absolute atomic E-state index is 11.7. The largest absolute Gasteiger partial charge is 0.399 e. The molecular formula is C14H12N2O. The molecule has 3 heteroatoms. The number of nitrogens with zero attached hydrogens (tertiary/aromatic N) is 1. The summed E-state index contributed by atoms with van der Waals surface area (Å²) in [7, 11) is 0. The molecule has 0 saturated heterocycles. The fourth-order valence-corrected chi connectivity index (χ4v) is 1.39. The van der Waals surface area contributed by atoms with Crippen LogP contribution in [0.5, 0.6) is 0 Å². The number of ketones is 1. The van der Waals surface area contributed by atoms with Crippen LogP contribution in [0.3, 0.4) is 0 Å². The number of pyridine rings is 1. The molecule has 0 atom stereocenters. The second-order valence-corrected chi connectivity index (χ2v) is 3.60. The van der Waals surface area contributed by atoms with Gasteiger partial charge in [-0.15, -0.1) is 0 Å². The normalized spacial score (nSPS) is 10.6. The third kappa shape index (κ3) is 3.01. The molecule has 84 valence electrons. The molecule has 0 spiro atoms. The number of hydrogen-bond acceptors (Lipinski definition) is 3. The van der Waals surface area contributed by atoms with Gasteiger partial charge in [0.15, 0.2) is 5.78 Å². The zero-order chi connectivity index (χ0) is 12.1. The summed E-state index contributed by atoms with van der Waals surface area (Å²) >= 11 is 0. The third-order valence-corrected chi connectivity index (χ3v) is 2.33. The van der Waals surface area contributed by atoms with Crippen LogP contribution >= 0.6 is 0 Å². The number of nitrogen functional groups attached to an aromatic ring is 1. The SMILES string of the molecule is Nc1ccc(/C=C/C(=O)c2ccncc2)cc1. The first-order valence-electron chi connectivity index (χ1n) is 5.24. The minimum Gasteiger partial charge on any atom is -0.399 e. The second kappa shape index (κ2) is 5.07. The van der Waals surface area contributed by atoms with Gasteiger partial charge in [0.2, 0.25) is 0 Å². The minimum atomic E-state index is -0.0378. The van der Waals surface area contributed by atoms with E-state index < -0.39 is 0 Å². The number of benzene rings is 1. The molecule has 2 aromatic rings. The summed E-state index contributed by atoms with van der Waals surface area (Å²) in [6.07, 6.45) is 6.51. The summed E-state index contributed by atoms with van der Waals surface area (Å²) < 4.78 is 0. The predicted molar refractivity (Wildman–Crippen MR) is 68.5 cm³/mol. The highest BCUT2D eigenvalue weighted by Crippen LogP contribution is 2.08. The lowest BCUT2D eigenvalue weighted by molar-refractivity contribution is 0.104. The van der Waals surface area contributed by atoms with Gasteiger partial charge in [-0.25, -0.2) is 0 Å². The van der Waals surface area contributed by atoms with Crippen molar-refractivity contribution in [1.82, 2.24) is 4.98 Å². The van der Waals surface area contributed by atoms with Gasteiger partial charge < -0.3 is 5.73 Å². The number of allylic oxidation sites excluding steroid dienone is 1. The Balaban J connectivity index is 2.11. The van der Waals surface area contributed by atoms with Crippen molar-refractivity contribution in [3.8, 4) is 0 Å². The summed E-state index contributed by atoms with van der Waals surface area (Å²) in [5.74, 6) is -0.0378. The van der Waals surface area contributed by atoms with E-state index in [9.17, 15) is 4.79 Å². The van der Waals surface area contributed by atoms with Crippen molar-refractivity contribution >= 4 is 17.5 Å². The van der Waals surface area contributed by atoms with Gasteiger partial charge in [-0.3, -0.25) is 9.78 Å². The zero-order valence-corrected chi connectivity index (χ0v) is 9.21. The zero-order valence-electron chi connectivity index (χ0n) is 9.21. The highest BCUT2D eigenvalue weighted by molar-refractivity contribution is 6.06. The second-order valence-electron chi connectivity index (χ2n) is 3.60. The molecule has 0 bridgehead atoms. The lowest BCUT2D eigenvalue weighted by Crippen LogP contribution is -1.93. The van der Waals surface area contributed by atoms with E-state index >= 15 is 0 Å². The maximum atomic E-state index is 11.7. The highest BCUT2D eigenvalue weighted by Gasteiger charge is 1.99. The summed E-state index contributed by atoms with van der Waals surface area (Å²) in [6, 6.07) is 10.7. The Labute approximate surface area is 99.6 Å². The summed E-state index contributed by atoms with van der Waals surface area (Å²) in [4.78, 5) is 15.6. The van der Waals surface area contributed by atoms with E-state index in [-0.39, 0.29) is 5.78 Å². The molecule has 1 heterocycles. The fourth-order valence-electron chi connectivity index (χ4n) is 1.39. The first-order valence-corrected chi connectivity index (χ1v) is 5.24. The first kappa shape index (κ1) is 11.1. The van der Waals surface area contributed by atoms with Crippen molar-refractivity contribution in [1.29, 1.82) is 0 Å². The van der Waals surface area contributed by atoms with Crippen molar-refractivity contribution in [3.63, 3.8) is 0 Å². The average Bonchev–Trinajstić information content (AvgIpc) is 2.39. The van der Waals surface area contributed by atoms with Crippen molar-refractivity contribution in [2.75, 3.05) is 5.73 Å². The van der Waals surface area contributed by atoms with Crippen LogP contribution in [0.1, 0.15) is 15.9 Å². The Morgan fingerprint density at radius 3 is 2.35 bits per heavy atom. The Morgan fingerprint density at radius 2 is 1.71 bits per heavy atom. The van der Waals surface area contributed by atoms with E-state index in [0.717, 1.165) is 5.56 Å². The van der Waals surface area contributed by atoms with E-state index in [2.05, 4.69) is 4.98 Å². The summed E-state index contributed by atoms with van der Waals surface area (Å²) in [5.41, 5.74) is 7.86. The molecule has 0 aliphatic carbocycles. The van der Waals surface area contributed by atoms with Gasteiger partial charge >= 0.3 is 0 Å². The summed E-state index contributed by atoms with van der Waals surface area (Å²) in [6.45, 7) is 0. The lowest BCUT2D eigenvalue weighted by atomic mass is 10.1. The van der Waals surface area contributed by atoms with Crippen LogP contribution in [0.15, 0.2) is 54.9 Å². The number of anilines is 1. The van der Waals surface area contributed by atoms with E-state index in [1.165, 1.54) is 0 Å². The topological polar surface area (TPSA) is 56.0 Å². The van der Waals surface area contributed by atoms with E-state index in [1.54, 1.807) is 48.8 Å². The molecule has 0 saturated carbocycles. The fraction of sp³-hybridized carbons (Fsp3) is 0. The molecule has 0 aliphatic heterocycles. The van der Waals surface area contributed by atoms with Crippen molar-refractivity contribution < 1.29 is 4.79 Å². The van der Waals surface area contributed by atoms with Gasteiger partial charge in [0.05, 0.1) is 0 Å². The Morgan fingerprint density at radius 1 is 1.06 bits per heavy atom. The average molecular weight is 224 g/mol. The van der Waals surface area contributed by atoms with Gasteiger partial charge in [-0.1, -0.05) is 18.2 Å². The minimum absolute atomic E-state index is 0.0378. The molecule has 0 unspecified atom stereocenters. The quantitative estimate of drug-likeness (QED) is 0.495. The monoisotopic (exact) mass is 224 g/mol. The molecule has 2 rings (SSSR count). The smallest absolute Gasteiger partial charge is 0.185 e.